The Morgan fingerprint density at radius 1 is 1.44 bits per heavy atom. The minimum atomic E-state index is 0.577. The van der Waals surface area contributed by atoms with E-state index in [0.29, 0.717) is 11.5 Å². The molecule has 1 aromatic carbocycles. The van der Waals surface area contributed by atoms with Crippen molar-refractivity contribution in [1.29, 1.82) is 5.26 Å². The Labute approximate surface area is 117 Å². The summed E-state index contributed by atoms with van der Waals surface area (Å²) in [5, 5.41) is 12.2. The van der Waals surface area contributed by atoms with Crippen LogP contribution in [0.5, 0.6) is 0 Å². The summed E-state index contributed by atoms with van der Waals surface area (Å²) in [5.41, 5.74) is 1.54. The zero-order chi connectivity index (χ0) is 13.4. The Hall–Kier alpha value is -1.05. The monoisotopic (exact) mass is 310 g/mol. The van der Waals surface area contributed by atoms with Gasteiger partial charge in [0.1, 0.15) is 6.07 Å². The van der Waals surface area contributed by atoms with Crippen LogP contribution in [0.3, 0.4) is 0 Å². The van der Waals surface area contributed by atoms with Gasteiger partial charge in [0.15, 0.2) is 0 Å². The molecule has 4 heteroatoms. The minimum absolute atomic E-state index is 0.577. The van der Waals surface area contributed by atoms with Gasteiger partial charge in [0.05, 0.1) is 11.3 Å². The van der Waals surface area contributed by atoms with Crippen LogP contribution in [0.15, 0.2) is 22.7 Å². The summed E-state index contributed by atoms with van der Waals surface area (Å²) >= 11 is 3.40. The van der Waals surface area contributed by atoms with Crippen molar-refractivity contribution < 1.29 is 4.74 Å². The Morgan fingerprint density at radius 2 is 2.22 bits per heavy atom. The van der Waals surface area contributed by atoms with E-state index >= 15 is 0 Å². The number of hydrogen-bond donors (Lipinski definition) is 1. The number of nitrogens with one attached hydrogen (secondary N) is 1. The highest BCUT2D eigenvalue weighted by molar-refractivity contribution is 9.10. The SMILES string of the molecule is CC(C)COCCCNc1cc(Br)ccc1C#N. The van der Waals surface area contributed by atoms with Gasteiger partial charge in [-0.15, -0.1) is 0 Å². The second kappa shape index (κ2) is 8.12. The van der Waals surface area contributed by atoms with Gasteiger partial charge in [-0.25, -0.2) is 0 Å². The molecule has 18 heavy (non-hydrogen) atoms. The second-order valence-electron chi connectivity index (χ2n) is 4.55. The standard InChI is InChI=1S/C14H19BrN2O/c1-11(2)10-18-7-3-6-17-14-8-13(15)5-4-12(14)9-16/h4-5,8,11,17H,3,6-7,10H2,1-2H3. The molecule has 0 atom stereocenters. The maximum absolute atomic E-state index is 8.98. The van der Waals surface area contributed by atoms with E-state index in [9.17, 15) is 0 Å². The summed E-state index contributed by atoms with van der Waals surface area (Å²) in [4.78, 5) is 0. The largest absolute Gasteiger partial charge is 0.384 e. The second-order valence-corrected chi connectivity index (χ2v) is 5.47. The molecule has 0 aromatic heterocycles. The van der Waals surface area contributed by atoms with Crippen molar-refractivity contribution in [2.45, 2.75) is 20.3 Å². The number of nitriles is 1. The molecule has 3 nitrogen and oxygen atoms in total. The Kier molecular flexibility index (Phi) is 6.77. The first-order valence-electron chi connectivity index (χ1n) is 6.14. The number of nitrogens with zero attached hydrogens (tertiary/aromatic N) is 1. The van der Waals surface area contributed by atoms with E-state index in [1.54, 1.807) is 0 Å². The molecule has 1 rings (SSSR count). The van der Waals surface area contributed by atoms with Crippen LogP contribution < -0.4 is 5.32 Å². The van der Waals surface area contributed by atoms with Crippen molar-refractivity contribution in [3.8, 4) is 6.07 Å². The third-order valence-electron chi connectivity index (χ3n) is 2.33. The summed E-state index contributed by atoms with van der Waals surface area (Å²) < 4.78 is 6.47. The zero-order valence-electron chi connectivity index (χ0n) is 10.9. The van der Waals surface area contributed by atoms with Crippen molar-refractivity contribution in [3.63, 3.8) is 0 Å². The molecule has 0 amide bonds. The molecular weight excluding hydrogens is 292 g/mol. The maximum Gasteiger partial charge on any atom is 0.101 e. The van der Waals surface area contributed by atoms with Crippen LogP contribution in [0.1, 0.15) is 25.8 Å². The molecule has 98 valence electrons. The number of hydrogen-bond acceptors (Lipinski definition) is 3. The average Bonchev–Trinajstić information content (AvgIpc) is 2.33. The number of halogens is 1. The van der Waals surface area contributed by atoms with E-state index in [2.05, 4.69) is 41.2 Å². The number of anilines is 1. The van der Waals surface area contributed by atoms with E-state index in [0.717, 1.165) is 36.3 Å². The van der Waals surface area contributed by atoms with E-state index in [-0.39, 0.29) is 0 Å². The van der Waals surface area contributed by atoms with Gasteiger partial charge < -0.3 is 10.1 Å². The molecule has 0 saturated heterocycles. The van der Waals surface area contributed by atoms with Gasteiger partial charge in [-0.1, -0.05) is 29.8 Å². The molecule has 0 unspecified atom stereocenters. The highest BCUT2D eigenvalue weighted by Gasteiger charge is 2.01. The predicted molar refractivity (Wildman–Crippen MR) is 77.6 cm³/mol. The van der Waals surface area contributed by atoms with Crippen molar-refractivity contribution in [3.05, 3.63) is 28.2 Å². The molecule has 0 aliphatic rings. The quantitative estimate of drug-likeness (QED) is 0.779. The lowest BCUT2D eigenvalue weighted by atomic mass is 10.2. The molecule has 0 heterocycles. The fourth-order valence-electron chi connectivity index (χ4n) is 1.48. The first-order valence-corrected chi connectivity index (χ1v) is 6.94. The van der Waals surface area contributed by atoms with E-state index < -0.39 is 0 Å². The van der Waals surface area contributed by atoms with Crippen LogP contribution in [0.2, 0.25) is 0 Å². The lowest BCUT2D eigenvalue weighted by Gasteiger charge is -2.10. The number of rotatable bonds is 7. The molecule has 0 radical (unpaired) electrons. The zero-order valence-corrected chi connectivity index (χ0v) is 12.5. The topological polar surface area (TPSA) is 45.0 Å². The van der Waals surface area contributed by atoms with E-state index in [4.69, 9.17) is 10.00 Å². The van der Waals surface area contributed by atoms with Gasteiger partial charge in [-0.3, -0.25) is 0 Å². The molecule has 0 fully saturated rings. The summed E-state index contributed by atoms with van der Waals surface area (Å²) in [7, 11) is 0. The smallest absolute Gasteiger partial charge is 0.101 e. The molecule has 0 saturated carbocycles. The lowest BCUT2D eigenvalue weighted by molar-refractivity contribution is 0.110. The molecule has 0 aliphatic carbocycles. The molecule has 1 N–H and O–H groups in total. The van der Waals surface area contributed by atoms with Gasteiger partial charge in [0.25, 0.3) is 0 Å². The van der Waals surface area contributed by atoms with Crippen molar-refractivity contribution in [2.75, 3.05) is 25.1 Å². The van der Waals surface area contributed by atoms with Crippen LogP contribution in [0.4, 0.5) is 5.69 Å². The predicted octanol–water partition coefficient (Wildman–Crippen LogP) is 3.80. The fraction of sp³-hybridized carbons (Fsp3) is 0.500. The number of benzene rings is 1. The third-order valence-corrected chi connectivity index (χ3v) is 2.83. The molecule has 1 aromatic rings. The van der Waals surface area contributed by atoms with Crippen molar-refractivity contribution >= 4 is 21.6 Å². The molecular formula is C14H19BrN2O. The Bertz CT molecular complexity index is 413. The maximum atomic E-state index is 8.98. The summed E-state index contributed by atoms with van der Waals surface area (Å²) in [6, 6.07) is 7.78. The van der Waals surface area contributed by atoms with Gasteiger partial charge in [0.2, 0.25) is 0 Å². The first kappa shape index (κ1) is 15.0. The van der Waals surface area contributed by atoms with E-state index in [1.165, 1.54) is 0 Å². The average molecular weight is 311 g/mol. The van der Waals surface area contributed by atoms with Crippen molar-refractivity contribution in [2.24, 2.45) is 5.92 Å². The van der Waals surface area contributed by atoms with E-state index in [1.807, 2.05) is 18.2 Å². The van der Waals surface area contributed by atoms with Crippen LogP contribution in [-0.2, 0) is 4.74 Å². The summed E-state index contributed by atoms with van der Waals surface area (Å²) in [5.74, 6) is 0.577. The van der Waals surface area contributed by atoms with Crippen LogP contribution >= 0.6 is 15.9 Å². The number of ether oxygens (including phenoxy) is 1. The van der Waals surface area contributed by atoms with Crippen LogP contribution in [0.25, 0.3) is 0 Å². The lowest BCUT2D eigenvalue weighted by Crippen LogP contribution is -2.09. The third kappa shape index (κ3) is 5.52. The first-order chi connectivity index (χ1) is 8.63. The fourth-order valence-corrected chi connectivity index (χ4v) is 1.84. The highest BCUT2D eigenvalue weighted by Crippen LogP contribution is 2.20. The molecule has 0 bridgehead atoms. The highest BCUT2D eigenvalue weighted by atomic mass is 79.9. The van der Waals surface area contributed by atoms with Gasteiger partial charge >= 0.3 is 0 Å². The van der Waals surface area contributed by atoms with Crippen LogP contribution in [0, 0.1) is 17.2 Å². The minimum Gasteiger partial charge on any atom is -0.384 e. The van der Waals surface area contributed by atoms with Crippen molar-refractivity contribution in [1.82, 2.24) is 0 Å². The summed E-state index contributed by atoms with van der Waals surface area (Å²) in [6.45, 7) is 6.64. The van der Waals surface area contributed by atoms with Gasteiger partial charge in [0, 0.05) is 24.2 Å². The molecule has 0 spiro atoms. The van der Waals surface area contributed by atoms with Gasteiger partial charge in [-0.05, 0) is 30.5 Å². The van der Waals surface area contributed by atoms with Crippen LogP contribution in [-0.4, -0.2) is 19.8 Å². The summed E-state index contributed by atoms with van der Waals surface area (Å²) in [6.07, 6.45) is 0.935. The Balaban J connectivity index is 2.31. The Morgan fingerprint density at radius 3 is 2.89 bits per heavy atom. The van der Waals surface area contributed by atoms with Gasteiger partial charge in [-0.2, -0.15) is 5.26 Å². The molecule has 0 aliphatic heterocycles. The normalized spacial score (nSPS) is 10.4.